The van der Waals surface area contributed by atoms with Crippen LogP contribution in [-0.4, -0.2) is 0 Å². The molecule has 0 heterocycles. The molecule has 2 aromatic rings. The molecule has 2 rings (SSSR count). The monoisotopic (exact) mass is 310 g/mol. The first-order chi connectivity index (χ1) is 10.7. The van der Waals surface area contributed by atoms with E-state index in [0.717, 1.165) is 0 Å². The van der Waals surface area contributed by atoms with Crippen LogP contribution in [0.4, 0.5) is 0 Å². The van der Waals surface area contributed by atoms with Crippen molar-refractivity contribution in [3.63, 3.8) is 0 Å². The molecule has 0 unspecified atom stereocenters. The van der Waals surface area contributed by atoms with E-state index < -0.39 is 0 Å². The molecule has 0 aliphatic rings. The highest BCUT2D eigenvalue weighted by Crippen LogP contribution is 2.34. The summed E-state index contributed by atoms with van der Waals surface area (Å²) in [6.45, 7) is 22.1. The van der Waals surface area contributed by atoms with Crippen LogP contribution in [0.3, 0.4) is 0 Å². The van der Waals surface area contributed by atoms with Crippen LogP contribution >= 0.6 is 0 Å². The van der Waals surface area contributed by atoms with E-state index in [1.54, 1.807) is 0 Å². The second-order valence-electron chi connectivity index (χ2n) is 6.94. The molecule has 0 nitrogen and oxygen atoms in total. The molecule has 0 atom stereocenters. The van der Waals surface area contributed by atoms with Crippen molar-refractivity contribution in [1.29, 1.82) is 0 Å². The molecule has 126 valence electrons. The second-order valence-corrected chi connectivity index (χ2v) is 6.94. The summed E-state index contributed by atoms with van der Waals surface area (Å²) in [5.41, 5.74) is 14.1. The van der Waals surface area contributed by atoms with E-state index in [2.05, 4.69) is 81.4 Å². The molecule has 0 aliphatic heterocycles. The SMILES string of the molecule is CCC.Cc1cc(-c2cc(C)c(C)c(C)c2C)c(C)c(C)c1C. The van der Waals surface area contributed by atoms with Crippen molar-refractivity contribution in [1.82, 2.24) is 0 Å². The van der Waals surface area contributed by atoms with Crippen molar-refractivity contribution in [2.24, 2.45) is 0 Å². The van der Waals surface area contributed by atoms with Gasteiger partial charge < -0.3 is 0 Å². The fraction of sp³-hybridized carbons (Fsp3) is 0.478. The molecular weight excluding hydrogens is 276 g/mol. The number of hydrogen-bond acceptors (Lipinski definition) is 0. The maximum absolute atomic E-state index is 2.36. The third-order valence-electron chi connectivity index (χ3n) is 5.25. The Labute approximate surface area is 144 Å². The van der Waals surface area contributed by atoms with E-state index in [9.17, 15) is 0 Å². The molecule has 0 radical (unpaired) electrons. The van der Waals surface area contributed by atoms with Crippen molar-refractivity contribution in [3.05, 3.63) is 56.6 Å². The quantitative estimate of drug-likeness (QED) is 0.521. The van der Waals surface area contributed by atoms with E-state index in [-0.39, 0.29) is 0 Å². The maximum atomic E-state index is 2.36. The molecule has 0 fully saturated rings. The highest BCUT2D eigenvalue weighted by molar-refractivity contribution is 5.75. The molecule has 2 aromatic carbocycles. The van der Waals surface area contributed by atoms with Crippen LogP contribution in [0.25, 0.3) is 11.1 Å². The van der Waals surface area contributed by atoms with Crippen molar-refractivity contribution < 1.29 is 0 Å². The Kier molecular flexibility index (Phi) is 6.62. The molecule has 0 bridgehead atoms. The topological polar surface area (TPSA) is 0 Å². The zero-order chi connectivity index (χ0) is 17.9. The summed E-state index contributed by atoms with van der Waals surface area (Å²) in [7, 11) is 0. The fourth-order valence-electron chi connectivity index (χ4n) is 2.98. The minimum Gasteiger partial charge on any atom is -0.0656 e. The second kappa shape index (κ2) is 7.81. The Hall–Kier alpha value is -1.56. The normalized spacial score (nSPS) is 10.3. The number of rotatable bonds is 1. The van der Waals surface area contributed by atoms with Gasteiger partial charge in [-0.25, -0.2) is 0 Å². The summed E-state index contributed by atoms with van der Waals surface area (Å²) in [4.78, 5) is 0. The summed E-state index contributed by atoms with van der Waals surface area (Å²) in [6.07, 6.45) is 1.25. The molecule has 0 saturated heterocycles. The van der Waals surface area contributed by atoms with Gasteiger partial charge in [0, 0.05) is 0 Å². The van der Waals surface area contributed by atoms with Gasteiger partial charge in [0.1, 0.15) is 0 Å². The predicted octanol–water partition coefficient (Wildman–Crippen LogP) is 7.24. The lowest BCUT2D eigenvalue weighted by Gasteiger charge is -2.19. The van der Waals surface area contributed by atoms with Gasteiger partial charge in [0.05, 0.1) is 0 Å². The van der Waals surface area contributed by atoms with Gasteiger partial charge >= 0.3 is 0 Å². The van der Waals surface area contributed by atoms with E-state index in [1.807, 2.05) is 0 Å². The lowest BCUT2D eigenvalue weighted by Crippen LogP contribution is -1.99. The van der Waals surface area contributed by atoms with Gasteiger partial charge in [0.2, 0.25) is 0 Å². The fourth-order valence-corrected chi connectivity index (χ4v) is 2.98. The maximum Gasteiger partial charge on any atom is -0.0146 e. The van der Waals surface area contributed by atoms with E-state index in [4.69, 9.17) is 0 Å². The summed E-state index contributed by atoms with van der Waals surface area (Å²) < 4.78 is 0. The van der Waals surface area contributed by atoms with E-state index >= 15 is 0 Å². The summed E-state index contributed by atoms with van der Waals surface area (Å²) in [5.74, 6) is 0. The smallest absolute Gasteiger partial charge is 0.0146 e. The van der Waals surface area contributed by atoms with Gasteiger partial charge in [0.15, 0.2) is 0 Å². The van der Waals surface area contributed by atoms with Gasteiger partial charge in [-0.15, -0.1) is 0 Å². The Morgan fingerprint density at radius 1 is 0.478 bits per heavy atom. The van der Waals surface area contributed by atoms with Crippen LogP contribution in [0.2, 0.25) is 0 Å². The lowest BCUT2D eigenvalue weighted by molar-refractivity contribution is 1.09. The van der Waals surface area contributed by atoms with Crippen LogP contribution in [-0.2, 0) is 0 Å². The standard InChI is InChI=1S/C20H26.C3H8/c1-11-9-19(17(7)15(5)13(11)3)20-10-12(2)14(4)16(6)18(20)8;1-3-2/h9-10H,1-8H3;3H2,1-2H3. The largest absolute Gasteiger partial charge is 0.0656 e. The Morgan fingerprint density at radius 3 is 1.00 bits per heavy atom. The Balaban J connectivity index is 0.000000816. The van der Waals surface area contributed by atoms with Crippen LogP contribution < -0.4 is 0 Å². The third kappa shape index (κ3) is 3.86. The van der Waals surface area contributed by atoms with Crippen LogP contribution in [0.1, 0.15) is 64.8 Å². The lowest BCUT2D eigenvalue weighted by atomic mass is 9.86. The predicted molar refractivity (Wildman–Crippen MR) is 106 cm³/mol. The summed E-state index contributed by atoms with van der Waals surface area (Å²) in [5, 5.41) is 0. The summed E-state index contributed by atoms with van der Waals surface area (Å²) in [6, 6.07) is 4.71. The Bertz CT molecular complexity index is 641. The first kappa shape index (κ1) is 19.5. The molecule has 0 heteroatoms. The summed E-state index contributed by atoms with van der Waals surface area (Å²) >= 11 is 0. The van der Waals surface area contributed by atoms with Crippen molar-refractivity contribution >= 4 is 0 Å². The molecule has 0 saturated carbocycles. The van der Waals surface area contributed by atoms with Crippen LogP contribution in [0.5, 0.6) is 0 Å². The number of aryl methyl sites for hydroxylation is 2. The van der Waals surface area contributed by atoms with Crippen molar-refractivity contribution in [2.75, 3.05) is 0 Å². The van der Waals surface area contributed by atoms with E-state index in [1.165, 1.54) is 62.1 Å². The number of benzene rings is 2. The zero-order valence-corrected chi connectivity index (χ0v) is 16.9. The van der Waals surface area contributed by atoms with E-state index in [0.29, 0.717) is 0 Å². The van der Waals surface area contributed by atoms with Crippen LogP contribution in [0.15, 0.2) is 12.1 Å². The molecule has 23 heavy (non-hydrogen) atoms. The molecule has 0 aliphatic carbocycles. The minimum absolute atomic E-state index is 1.25. The average Bonchev–Trinajstić information content (AvgIpc) is 2.51. The van der Waals surface area contributed by atoms with Crippen molar-refractivity contribution in [2.45, 2.75) is 75.7 Å². The highest BCUT2D eigenvalue weighted by atomic mass is 14.2. The average molecular weight is 311 g/mol. The first-order valence-corrected chi connectivity index (χ1v) is 8.82. The molecule has 0 aromatic heterocycles. The molecular formula is C23H34. The molecule has 0 spiro atoms. The van der Waals surface area contributed by atoms with Gasteiger partial charge in [-0.3, -0.25) is 0 Å². The van der Waals surface area contributed by atoms with Gasteiger partial charge in [0.25, 0.3) is 0 Å². The van der Waals surface area contributed by atoms with Gasteiger partial charge in [-0.05, 0) is 111 Å². The third-order valence-corrected chi connectivity index (χ3v) is 5.25. The molecule has 0 amide bonds. The Morgan fingerprint density at radius 2 is 0.739 bits per heavy atom. The highest BCUT2D eigenvalue weighted by Gasteiger charge is 2.13. The first-order valence-electron chi connectivity index (χ1n) is 8.82. The minimum atomic E-state index is 1.25. The molecule has 0 N–H and O–H groups in total. The van der Waals surface area contributed by atoms with Crippen LogP contribution in [0, 0.1) is 55.4 Å². The van der Waals surface area contributed by atoms with Gasteiger partial charge in [-0.1, -0.05) is 32.4 Å². The van der Waals surface area contributed by atoms with Crippen molar-refractivity contribution in [3.8, 4) is 11.1 Å². The number of hydrogen-bond donors (Lipinski definition) is 0. The zero-order valence-electron chi connectivity index (χ0n) is 16.9. The van der Waals surface area contributed by atoms with Gasteiger partial charge in [-0.2, -0.15) is 0 Å².